The van der Waals surface area contributed by atoms with Crippen molar-refractivity contribution >= 4 is 5.78 Å². The van der Waals surface area contributed by atoms with Gasteiger partial charge >= 0.3 is 5.63 Å². The van der Waals surface area contributed by atoms with Gasteiger partial charge in [-0.25, -0.2) is 4.79 Å². The second-order valence-corrected chi connectivity index (χ2v) is 4.37. The lowest BCUT2D eigenvalue weighted by Crippen LogP contribution is -2.36. The molecule has 0 saturated heterocycles. The van der Waals surface area contributed by atoms with Gasteiger partial charge in [-0.15, -0.1) is 0 Å². The predicted octanol–water partition coefficient (Wildman–Crippen LogP) is 1.69. The Morgan fingerprint density at radius 2 is 2.00 bits per heavy atom. The minimum Gasteiger partial charge on any atom is -0.458 e. The molecule has 4 nitrogen and oxygen atoms in total. The largest absolute Gasteiger partial charge is 0.458 e. The fraction of sp³-hybridized carbons (Fsp3) is 0.455. The highest BCUT2D eigenvalue weighted by Gasteiger charge is 2.35. The van der Waals surface area contributed by atoms with Crippen LogP contribution in [0.1, 0.15) is 36.2 Å². The van der Waals surface area contributed by atoms with Crippen molar-refractivity contribution in [2.75, 3.05) is 0 Å². The van der Waals surface area contributed by atoms with Crippen LogP contribution < -0.4 is 10.4 Å². The Balaban J connectivity index is 2.65. The van der Waals surface area contributed by atoms with E-state index in [0.717, 1.165) is 0 Å². The van der Waals surface area contributed by atoms with Crippen LogP contribution in [-0.2, 0) is 0 Å². The van der Waals surface area contributed by atoms with Crippen LogP contribution in [-0.4, -0.2) is 11.4 Å². The van der Waals surface area contributed by atoms with E-state index in [1.165, 1.54) is 6.07 Å². The SMILES string of the molecule is Cc1cc(=O)oc2c1C(=O)CC(C)(C)O2. The van der Waals surface area contributed by atoms with E-state index in [2.05, 4.69) is 0 Å². The molecule has 2 rings (SSSR count). The summed E-state index contributed by atoms with van der Waals surface area (Å²) >= 11 is 0. The first-order chi connectivity index (χ1) is 6.89. The van der Waals surface area contributed by atoms with Gasteiger partial charge in [-0.3, -0.25) is 4.79 Å². The highest BCUT2D eigenvalue weighted by atomic mass is 16.6. The molecule has 1 aliphatic heterocycles. The summed E-state index contributed by atoms with van der Waals surface area (Å²) in [7, 11) is 0. The van der Waals surface area contributed by atoms with Gasteiger partial charge in [0.25, 0.3) is 5.95 Å². The van der Waals surface area contributed by atoms with Crippen molar-refractivity contribution in [1.29, 1.82) is 0 Å². The quantitative estimate of drug-likeness (QED) is 0.651. The minimum absolute atomic E-state index is 0.0394. The van der Waals surface area contributed by atoms with Gasteiger partial charge in [0.15, 0.2) is 5.78 Å². The van der Waals surface area contributed by atoms with Gasteiger partial charge in [-0.2, -0.15) is 0 Å². The van der Waals surface area contributed by atoms with E-state index in [1.807, 2.05) is 0 Å². The van der Waals surface area contributed by atoms with Crippen LogP contribution in [0.4, 0.5) is 0 Å². The maximum absolute atomic E-state index is 11.8. The summed E-state index contributed by atoms with van der Waals surface area (Å²) in [6, 6.07) is 1.30. The molecule has 0 unspecified atom stereocenters. The second-order valence-electron chi connectivity index (χ2n) is 4.37. The van der Waals surface area contributed by atoms with Crippen molar-refractivity contribution in [2.24, 2.45) is 0 Å². The van der Waals surface area contributed by atoms with E-state index in [1.54, 1.807) is 20.8 Å². The maximum atomic E-state index is 11.8. The normalized spacial score (nSPS) is 18.2. The maximum Gasteiger partial charge on any atom is 0.338 e. The average Bonchev–Trinajstić information content (AvgIpc) is 1.97. The van der Waals surface area contributed by atoms with E-state index in [0.29, 0.717) is 17.5 Å². The molecule has 0 saturated carbocycles. The van der Waals surface area contributed by atoms with Crippen molar-refractivity contribution in [3.05, 3.63) is 27.6 Å². The van der Waals surface area contributed by atoms with Crippen molar-refractivity contribution < 1.29 is 13.9 Å². The topological polar surface area (TPSA) is 56.5 Å². The Morgan fingerprint density at radius 1 is 1.33 bits per heavy atom. The lowest BCUT2D eigenvalue weighted by atomic mass is 9.93. The minimum atomic E-state index is -0.603. The summed E-state index contributed by atoms with van der Waals surface area (Å²) in [5.74, 6) is 0.0174. The standard InChI is InChI=1S/C11H12O4/c1-6-4-8(13)14-10-9(6)7(12)5-11(2,3)15-10/h4H,5H2,1-3H3. The van der Waals surface area contributed by atoms with E-state index >= 15 is 0 Å². The Kier molecular flexibility index (Phi) is 1.96. The Bertz CT molecular complexity index is 482. The van der Waals surface area contributed by atoms with Crippen LogP contribution in [0, 0.1) is 6.92 Å². The first-order valence-corrected chi connectivity index (χ1v) is 4.76. The lowest BCUT2D eigenvalue weighted by molar-refractivity contribution is 0.0420. The van der Waals surface area contributed by atoms with Crippen LogP contribution in [0.15, 0.2) is 15.3 Å². The number of hydrogen-bond donors (Lipinski definition) is 0. The number of carbonyl (C=O) groups excluding carboxylic acids is 1. The van der Waals surface area contributed by atoms with Gasteiger partial charge in [0, 0.05) is 6.07 Å². The van der Waals surface area contributed by atoms with Gasteiger partial charge in [0.2, 0.25) is 0 Å². The molecule has 15 heavy (non-hydrogen) atoms. The molecule has 0 N–H and O–H groups in total. The molecule has 1 aromatic rings. The number of aryl methyl sites for hydroxylation is 1. The van der Waals surface area contributed by atoms with E-state index < -0.39 is 11.2 Å². The molecule has 0 aliphatic carbocycles. The van der Waals surface area contributed by atoms with Crippen LogP contribution in [0.25, 0.3) is 0 Å². The Hall–Kier alpha value is -1.58. The van der Waals surface area contributed by atoms with Gasteiger partial charge in [0.1, 0.15) is 11.2 Å². The van der Waals surface area contributed by atoms with E-state index in [9.17, 15) is 9.59 Å². The number of carbonyl (C=O) groups is 1. The van der Waals surface area contributed by atoms with Crippen molar-refractivity contribution in [2.45, 2.75) is 32.8 Å². The molecule has 0 atom stereocenters. The number of Topliss-reactive ketones (excluding diaryl/α,β-unsaturated/α-hetero) is 1. The van der Waals surface area contributed by atoms with Gasteiger partial charge in [-0.05, 0) is 26.3 Å². The summed E-state index contributed by atoms with van der Waals surface area (Å²) < 4.78 is 10.4. The fourth-order valence-electron chi connectivity index (χ4n) is 1.75. The number of rotatable bonds is 0. The molecule has 1 aromatic heterocycles. The lowest BCUT2D eigenvalue weighted by Gasteiger charge is -2.30. The third kappa shape index (κ3) is 1.67. The molecule has 2 heterocycles. The summed E-state index contributed by atoms with van der Waals surface area (Å²) in [4.78, 5) is 22.9. The van der Waals surface area contributed by atoms with Crippen molar-refractivity contribution in [3.63, 3.8) is 0 Å². The summed E-state index contributed by atoms with van der Waals surface area (Å²) in [6.07, 6.45) is 0.300. The molecule has 0 aromatic carbocycles. The monoisotopic (exact) mass is 208 g/mol. The summed E-state index contributed by atoms with van der Waals surface area (Å²) in [5.41, 5.74) is -0.0826. The first-order valence-electron chi connectivity index (χ1n) is 4.76. The van der Waals surface area contributed by atoms with Gasteiger partial charge < -0.3 is 9.15 Å². The molecule has 0 radical (unpaired) electrons. The highest BCUT2D eigenvalue weighted by molar-refractivity contribution is 6.00. The smallest absolute Gasteiger partial charge is 0.338 e. The molecule has 0 spiro atoms. The molecular weight excluding hydrogens is 196 g/mol. The molecule has 1 aliphatic rings. The van der Waals surface area contributed by atoms with Crippen LogP contribution in [0.5, 0.6) is 5.95 Å². The van der Waals surface area contributed by atoms with E-state index in [-0.39, 0.29) is 11.7 Å². The zero-order valence-electron chi connectivity index (χ0n) is 8.92. The average molecular weight is 208 g/mol. The Labute approximate surface area is 86.9 Å². The highest BCUT2D eigenvalue weighted by Crippen LogP contribution is 2.33. The molecule has 0 fully saturated rings. The van der Waals surface area contributed by atoms with Crippen LogP contribution >= 0.6 is 0 Å². The summed E-state index contributed by atoms with van der Waals surface area (Å²) in [6.45, 7) is 5.28. The fourth-order valence-corrected chi connectivity index (χ4v) is 1.75. The number of fused-ring (bicyclic) bond motifs is 1. The van der Waals surface area contributed by atoms with Crippen LogP contribution in [0.3, 0.4) is 0 Å². The zero-order chi connectivity index (χ0) is 11.2. The third-order valence-corrected chi connectivity index (χ3v) is 2.36. The first kappa shape index (κ1) is 9.96. The number of ether oxygens (including phenoxy) is 1. The van der Waals surface area contributed by atoms with E-state index in [4.69, 9.17) is 9.15 Å². The van der Waals surface area contributed by atoms with Gasteiger partial charge in [-0.1, -0.05) is 0 Å². The van der Waals surface area contributed by atoms with Crippen molar-refractivity contribution in [1.82, 2.24) is 0 Å². The number of hydrogen-bond acceptors (Lipinski definition) is 4. The third-order valence-electron chi connectivity index (χ3n) is 2.36. The van der Waals surface area contributed by atoms with Crippen molar-refractivity contribution in [3.8, 4) is 5.95 Å². The molecule has 4 heteroatoms. The molecule has 0 amide bonds. The van der Waals surface area contributed by atoms with Crippen LogP contribution in [0.2, 0.25) is 0 Å². The molecule has 80 valence electrons. The summed E-state index contributed by atoms with van der Waals surface area (Å²) in [5, 5.41) is 0. The molecular formula is C11H12O4. The zero-order valence-corrected chi connectivity index (χ0v) is 8.92. The second kappa shape index (κ2) is 2.95. The number of ketones is 1. The van der Waals surface area contributed by atoms with Gasteiger partial charge in [0.05, 0.1) is 6.42 Å². The Morgan fingerprint density at radius 3 is 2.67 bits per heavy atom. The molecule has 0 bridgehead atoms. The predicted molar refractivity (Wildman–Crippen MR) is 53.4 cm³/mol.